The van der Waals surface area contributed by atoms with Crippen molar-refractivity contribution in [1.82, 2.24) is 0 Å². The first-order valence-corrected chi connectivity index (χ1v) is 10.5. The van der Waals surface area contributed by atoms with Crippen LogP contribution < -0.4 is 0 Å². The van der Waals surface area contributed by atoms with E-state index in [4.69, 9.17) is 5.26 Å². The van der Waals surface area contributed by atoms with E-state index in [0.717, 1.165) is 28.5 Å². The van der Waals surface area contributed by atoms with Gasteiger partial charge in [0, 0.05) is 4.47 Å². The molecule has 3 nitrogen and oxygen atoms in total. The summed E-state index contributed by atoms with van der Waals surface area (Å²) in [6.07, 6.45) is 2.95. The Labute approximate surface area is 158 Å². The molecule has 0 fully saturated rings. The molecule has 25 heavy (non-hydrogen) atoms. The van der Waals surface area contributed by atoms with E-state index in [1.807, 2.05) is 24.3 Å². The molecule has 0 aliphatic carbocycles. The van der Waals surface area contributed by atoms with Crippen molar-refractivity contribution in [2.45, 2.75) is 30.6 Å². The van der Waals surface area contributed by atoms with Crippen LogP contribution in [-0.4, -0.2) is 14.2 Å². The van der Waals surface area contributed by atoms with Crippen LogP contribution in [0.1, 0.15) is 30.4 Å². The second-order valence-electron chi connectivity index (χ2n) is 5.94. The number of sulfone groups is 1. The third kappa shape index (κ3) is 6.15. The highest BCUT2D eigenvalue weighted by atomic mass is 79.9. The summed E-state index contributed by atoms with van der Waals surface area (Å²) in [5.74, 6) is 0.129. The molecule has 130 valence electrons. The monoisotopic (exact) mass is 417 g/mol. The molecular formula is C20H20BrNO2S. The Morgan fingerprint density at radius 1 is 1.04 bits per heavy atom. The van der Waals surface area contributed by atoms with Gasteiger partial charge in [-0.1, -0.05) is 40.2 Å². The smallest absolute Gasteiger partial charge is 0.178 e. The van der Waals surface area contributed by atoms with E-state index in [0.29, 0.717) is 23.3 Å². The van der Waals surface area contributed by atoms with Crippen LogP contribution in [0.15, 0.2) is 70.1 Å². The molecule has 2 rings (SSSR count). The summed E-state index contributed by atoms with van der Waals surface area (Å²) in [7, 11) is -3.24. The summed E-state index contributed by atoms with van der Waals surface area (Å²) in [6.45, 7) is 4.05. The van der Waals surface area contributed by atoms with Crippen LogP contribution in [0.25, 0.3) is 0 Å². The standard InChI is InChI=1S/C20H20BrNO2S/c1-16(4-5-17-6-8-18(15-22)9-7-17)3-2-14-25(23,24)20-12-10-19(21)11-13-20/h6-13H,1-5,14H2. The molecule has 5 heteroatoms. The number of halogens is 1. The van der Waals surface area contributed by atoms with Gasteiger partial charge >= 0.3 is 0 Å². The molecule has 0 heterocycles. The molecule has 0 aliphatic rings. The Morgan fingerprint density at radius 3 is 2.28 bits per heavy atom. The number of nitrogens with zero attached hydrogens (tertiary/aromatic N) is 1. The highest BCUT2D eigenvalue weighted by Crippen LogP contribution is 2.19. The Hall–Kier alpha value is -1.90. The van der Waals surface area contributed by atoms with Crippen molar-refractivity contribution in [3.8, 4) is 6.07 Å². The Kier molecular flexibility index (Phi) is 6.98. The van der Waals surface area contributed by atoms with Gasteiger partial charge in [-0.3, -0.25) is 0 Å². The SMILES string of the molecule is C=C(CCCS(=O)(=O)c1ccc(Br)cc1)CCc1ccc(C#N)cc1. The molecule has 0 saturated carbocycles. The lowest BCUT2D eigenvalue weighted by Gasteiger charge is -2.07. The zero-order valence-electron chi connectivity index (χ0n) is 13.9. The lowest BCUT2D eigenvalue weighted by Crippen LogP contribution is -2.07. The molecule has 0 bridgehead atoms. The van der Waals surface area contributed by atoms with Crippen LogP contribution in [0.3, 0.4) is 0 Å². The first kappa shape index (κ1) is 19.4. The van der Waals surface area contributed by atoms with E-state index >= 15 is 0 Å². The molecular weight excluding hydrogens is 398 g/mol. The van der Waals surface area contributed by atoms with Gasteiger partial charge in [0.1, 0.15) is 0 Å². The van der Waals surface area contributed by atoms with E-state index in [2.05, 4.69) is 28.6 Å². The highest BCUT2D eigenvalue weighted by Gasteiger charge is 2.13. The maximum Gasteiger partial charge on any atom is 0.178 e. The third-order valence-electron chi connectivity index (χ3n) is 3.97. The van der Waals surface area contributed by atoms with Gasteiger partial charge in [0.2, 0.25) is 0 Å². The van der Waals surface area contributed by atoms with Gasteiger partial charge in [-0.05, 0) is 67.6 Å². The summed E-state index contributed by atoms with van der Waals surface area (Å²) >= 11 is 3.31. The van der Waals surface area contributed by atoms with Gasteiger partial charge in [-0.25, -0.2) is 8.42 Å². The first-order chi connectivity index (χ1) is 11.9. The largest absolute Gasteiger partial charge is 0.224 e. The van der Waals surface area contributed by atoms with E-state index < -0.39 is 9.84 Å². The van der Waals surface area contributed by atoms with Crippen LogP contribution in [0, 0.1) is 11.3 Å². The summed E-state index contributed by atoms with van der Waals surface area (Å²) in [4.78, 5) is 0.360. The molecule has 0 amide bonds. The molecule has 2 aromatic rings. The van der Waals surface area contributed by atoms with Gasteiger partial charge in [0.15, 0.2) is 9.84 Å². The van der Waals surface area contributed by atoms with Crippen molar-refractivity contribution in [2.24, 2.45) is 0 Å². The normalized spacial score (nSPS) is 11.0. The van der Waals surface area contributed by atoms with Crippen LogP contribution in [0.2, 0.25) is 0 Å². The second-order valence-corrected chi connectivity index (χ2v) is 8.96. The Morgan fingerprint density at radius 2 is 1.68 bits per heavy atom. The van der Waals surface area contributed by atoms with Crippen molar-refractivity contribution < 1.29 is 8.42 Å². The lowest BCUT2D eigenvalue weighted by molar-refractivity contribution is 0.593. The Balaban J connectivity index is 1.77. The van der Waals surface area contributed by atoms with Crippen LogP contribution in [0.5, 0.6) is 0 Å². The first-order valence-electron chi connectivity index (χ1n) is 8.05. The topological polar surface area (TPSA) is 57.9 Å². The fourth-order valence-corrected chi connectivity index (χ4v) is 4.04. The minimum absolute atomic E-state index is 0.129. The predicted molar refractivity (Wildman–Crippen MR) is 104 cm³/mol. The molecule has 0 saturated heterocycles. The number of hydrogen-bond donors (Lipinski definition) is 0. The number of allylic oxidation sites excluding steroid dienone is 1. The molecule has 0 radical (unpaired) electrons. The van der Waals surface area contributed by atoms with Crippen LogP contribution in [0.4, 0.5) is 0 Å². The minimum atomic E-state index is -3.24. The van der Waals surface area contributed by atoms with Gasteiger partial charge < -0.3 is 0 Å². The maximum absolute atomic E-state index is 12.3. The van der Waals surface area contributed by atoms with Crippen molar-refractivity contribution in [3.63, 3.8) is 0 Å². The van der Waals surface area contributed by atoms with Gasteiger partial charge in [0.25, 0.3) is 0 Å². The molecule has 0 spiro atoms. The fourth-order valence-electron chi connectivity index (χ4n) is 2.46. The summed E-state index contributed by atoms with van der Waals surface area (Å²) in [6, 6.07) is 16.3. The van der Waals surface area contributed by atoms with E-state index in [9.17, 15) is 8.42 Å². The van der Waals surface area contributed by atoms with Crippen LogP contribution in [-0.2, 0) is 16.3 Å². The van der Waals surface area contributed by atoms with Crippen LogP contribution >= 0.6 is 15.9 Å². The predicted octanol–water partition coefficient (Wildman–Crippen LogP) is 5.06. The van der Waals surface area contributed by atoms with Crippen molar-refractivity contribution in [2.75, 3.05) is 5.75 Å². The molecule has 0 atom stereocenters. The highest BCUT2D eigenvalue weighted by molar-refractivity contribution is 9.10. The summed E-state index contributed by atoms with van der Waals surface area (Å²) in [5, 5.41) is 8.79. The van der Waals surface area contributed by atoms with Gasteiger partial charge in [0.05, 0.1) is 22.3 Å². The van der Waals surface area contributed by atoms with Crippen molar-refractivity contribution in [3.05, 3.63) is 76.3 Å². The summed E-state index contributed by atoms with van der Waals surface area (Å²) in [5.41, 5.74) is 2.86. The lowest BCUT2D eigenvalue weighted by atomic mass is 10.0. The van der Waals surface area contributed by atoms with Crippen molar-refractivity contribution >= 4 is 25.8 Å². The quantitative estimate of drug-likeness (QED) is 0.563. The number of aryl methyl sites for hydroxylation is 1. The fraction of sp³-hybridized carbons (Fsp3) is 0.250. The number of nitriles is 1. The molecule has 0 aliphatic heterocycles. The number of rotatable bonds is 8. The number of hydrogen-bond acceptors (Lipinski definition) is 3. The molecule has 2 aromatic carbocycles. The Bertz CT molecular complexity index is 863. The van der Waals surface area contributed by atoms with Gasteiger partial charge in [-0.15, -0.1) is 0 Å². The number of benzene rings is 2. The average Bonchev–Trinajstić information content (AvgIpc) is 2.60. The minimum Gasteiger partial charge on any atom is -0.224 e. The second kappa shape index (κ2) is 8.98. The van der Waals surface area contributed by atoms with E-state index in [-0.39, 0.29) is 5.75 Å². The summed E-state index contributed by atoms with van der Waals surface area (Å²) < 4.78 is 25.5. The zero-order valence-corrected chi connectivity index (χ0v) is 16.3. The average molecular weight is 418 g/mol. The van der Waals surface area contributed by atoms with E-state index in [1.54, 1.807) is 24.3 Å². The zero-order chi connectivity index (χ0) is 18.3. The van der Waals surface area contributed by atoms with Gasteiger partial charge in [-0.2, -0.15) is 5.26 Å². The third-order valence-corrected chi connectivity index (χ3v) is 6.31. The molecule has 0 unspecified atom stereocenters. The van der Waals surface area contributed by atoms with Crippen molar-refractivity contribution in [1.29, 1.82) is 5.26 Å². The molecule has 0 aromatic heterocycles. The van der Waals surface area contributed by atoms with E-state index in [1.165, 1.54) is 0 Å². The molecule has 0 N–H and O–H groups in total. The maximum atomic E-state index is 12.3.